The van der Waals surface area contributed by atoms with E-state index in [-0.39, 0.29) is 11.9 Å². The van der Waals surface area contributed by atoms with E-state index in [0.717, 1.165) is 58.8 Å². The van der Waals surface area contributed by atoms with Crippen molar-refractivity contribution < 1.29 is 4.79 Å². The average molecular weight is 482 g/mol. The third-order valence-corrected chi connectivity index (χ3v) is 7.48. The van der Waals surface area contributed by atoms with Crippen LogP contribution in [-0.2, 0) is 4.79 Å². The second-order valence-electron chi connectivity index (χ2n) is 8.57. The zero-order chi connectivity index (χ0) is 24.4. The lowest BCUT2D eigenvalue weighted by Crippen LogP contribution is -2.29. The van der Waals surface area contributed by atoms with E-state index in [0.29, 0.717) is 11.1 Å². The van der Waals surface area contributed by atoms with Crippen LogP contribution in [0.1, 0.15) is 43.4 Å². The third-order valence-electron chi connectivity index (χ3n) is 6.38. The molecule has 174 valence electrons. The van der Waals surface area contributed by atoms with Gasteiger partial charge in [0.25, 0.3) is 0 Å². The predicted molar refractivity (Wildman–Crippen MR) is 132 cm³/mol. The van der Waals surface area contributed by atoms with Crippen LogP contribution in [0.25, 0.3) is 16.6 Å². The molecule has 4 heterocycles. The van der Waals surface area contributed by atoms with E-state index in [1.54, 1.807) is 23.7 Å². The molecule has 8 nitrogen and oxygen atoms in total. The van der Waals surface area contributed by atoms with Crippen molar-refractivity contribution in [1.82, 2.24) is 24.3 Å². The Balaban J connectivity index is 1.50. The van der Waals surface area contributed by atoms with Crippen LogP contribution in [0.2, 0.25) is 0 Å². The molecule has 1 aromatic carbocycles. The van der Waals surface area contributed by atoms with E-state index < -0.39 is 0 Å². The first-order valence-electron chi connectivity index (χ1n) is 11.5. The smallest absolute Gasteiger partial charge is 0.219 e. The van der Waals surface area contributed by atoms with Gasteiger partial charge in [-0.2, -0.15) is 20.7 Å². The maximum Gasteiger partial charge on any atom is 0.219 e. The number of pyridine rings is 1. The van der Waals surface area contributed by atoms with Crippen molar-refractivity contribution in [3.05, 3.63) is 66.2 Å². The summed E-state index contributed by atoms with van der Waals surface area (Å²) in [6, 6.07) is 14.2. The molecule has 0 radical (unpaired) electrons. The van der Waals surface area contributed by atoms with Gasteiger partial charge in [0.2, 0.25) is 5.91 Å². The topological polar surface area (TPSA) is 103 Å². The fourth-order valence-electron chi connectivity index (χ4n) is 4.51. The Morgan fingerprint density at radius 3 is 2.63 bits per heavy atom. The highest BCUT2D eigenvalue weighted by Gasteiger charge is 2.21. The summed E-state index contributed by atoms with van der Waals surface area (Å²) in [5.41, 5.74) is 3.66. The molecule has 0 N–H and O–H groups in total. The molecule has 5 rings (SSSR count). The van der Waals surface area contributed by atoms with Crippen molar-refractivity contribution >= 4 is 23.2 Å². The number of aromatic nitrogens is 4. The van der Waals surface area contributed by atoms with Gasteiger partial charge in [-0.3, -0.25) is 9.48 Å². The van der Waals surface area contributed by atoms with Gasteiger partial charge in [-0.1, -0.05) is 23.9 Å². The summed E-state index contributed by atoms with van der Waals surface area (Å²) in [6.07, 6.45) is 10.2. The monoisotopic (exact) mass is 481 g/mol. The number of amides is 1. The molecule has 0 bridgehead atoms. The average Bonchev–Trinajstić information content (AvgIpc) is 3.45. The van der Waals surface area contributed by atoms with E-state index in [9.17, 15) is 15.3 Å². The Morgan fingerprint density at radius 2 is 1.83 bits per heavy atom. The normalized spacial score (nSPS) is 16.0. The summed E-state index contributed by atoms with van der Waals surface area (Å²) in [5.74, 6) is 0.124. The molecule has 1 fully saturated rings. The van der Waals surface area contributed by atoms with E-state index >= 15 is 0 Å². The van der Waals surface area contributed by atoms with Crippen molar-refractivity contribution in [1.29, 1.82) is 10.5 Å². The predicted octanol–water partition coefficient (Wildman–Crippen LogP) is 4.67. The van der Waals surface area contributed by atoms with Gasteiger partial charge < -0.3 is 4.90 Å². The lowest BCUT2D eigenvalue weighted by molar-refractivity contribution is -0.128. The summed E-state index contributed by atoms with van der Waals surface area (Å²) in [6.45, 7) is 3.16. The molecule has 0 saturated carbocycles. The fourth-order valence-corrected chi connectivity index (χ4v) is 5.61. The molecule has 1 amide bonds. The van der Waals surface area contributed by atoms with Crippen molar-refractivity contribution in [3.63, 3.8) is 0 Å². The molecule has 1 atom stereocenters. The van der Waals surface area contributed by atoms with Crippen LogP contribution in [0.15, 0.2) is 64.9 Å². The van der Waals surface area contributed by atoms with Crippen LogP contribution >= 0.6 is 11.8 Å². The number of nitrogens with zero attached hydrogens (tertiary/aromatic N) is 7. The van der Waals surface area contributed by atoms with E-state index in [4.69, 9.17) is 0 Å². The van der Waals surface area contributed by atoms with E-state index in [1.807, 2.05) is 52.4 Å². The van der Waals surface area contributed by atoms with Crippen LogP contribution in [0, 0.1) is 22.7 Å². The first-order chi connectivity index (χ1) is 17.1. The second kappa shape index (κ2) is 9.65. The van der Waals surface area contributed by atoms with Crippen LogP contribution in [0.4, 0.5) is 0 Å². The number of nitriles is 2. The van der Waals surface area contributed by atoms with Crippen molar-refractivity contribution in [2.45, 2.75) is 42.0 Å². The van der Waals surface area contributed by atoms with E-state index in [1.165, 1.54) is 11.8 Å². The maximum atomic E-state index is 11.8. The van der Waals surface area contributed by atoms with Crippen LogP contribution in [-0.4, -0.2) is 43.3 Å². The molecule has 1 unspecified atom stereocenters. The largest absolute Gasteiger partial charge is 0.343 e. The molecule has 9 heteroatoms. The van der Waals surface area contributed by atoms with Crippen molar-refractivity contribution in [2.75, 3.05) is 13.1 Å². The third kappa shape index (κ3) is 4.51. The summed E-state index contributed by atoms with van der Waals surface area (Å²) in [7, 11) is 0. The number of benzene rings is 1. The lowest BCUT2D eigenvalue weighted by atomic mass is 10.1. The van der Waals surface area contributed by atoms with Gasteiger partial charge >= 0.3 is 0 Å². The van der Waals surface area contributed by atoms with Gasteiger partial charge in [0.15, 0.2) is 0 Å². The summed E-state index contributed by atoms with van der Waals surface area (Å²) < 4.78 is 3.73. The molecule has 1 aliphatic rings. The highest BCUT2D eigenvalue weighted by Crippen LogP contribution is 2.37. The van der Waals surface area contributed by atoms with Crippen molar-refractivity contribution in [3.8, 4) is 23.3 Å². The van der Waals surface area contributed by atoms with Gasteiger partial charge in [0, 0.05) is 53.3 Å². The standard InChI is InChI=1S/C26H23N7OS/c1-18(34)31-9-4-6-23(8-10-31)32-17-22(15-29-32)20-11-25(26-21(13-28)14-30-33(26)16-20)35-24-7-3-2-5-19(24)12-27/h2-3,5,7,11,14-17,23H,4,6,8-10H2,1H3. The number of hydrogen-bond acceptors (Lipinski definition) is 6. The Hall–Kier alpha value is -4.08. The summed E-state index contributed by atoms with van der Waals surface area (Å²) in [5, 5.41) is 28.2. The number of carbonyl (C=O) groups excluding carboxylic acids is 1. The van der Waals surface area contributed by atoms with Crippen LogP contribution < -0.4 is 0 Å². The molecule has 1 aliphatic heterocycles. The van der Waals surface area contributed by atoms with Crippen LogP contribution in [0.3, 0.4) is 0 Å². The molecule has 35 heavy (non-hydrogen) atoms. The lowest BCUT2D eigenvalue weighted by Gasteiger charge is -2.18. The minimum atomic E-state index is 0.124. The molecular weight excluding hydrogens is 458 g/mol. The number of fused-ring (bicyclic) bond motifs is 1. The Kier molecular flexibility index (Phi) is 6.26. The number of carbonyl (C=O) groups is 1. The van der Waals surface area contributed by atoms with Crippen molar-refractivity contribution in [2.24, 2.45) is 0 Å². The Bertz CT molecular complexity index is 1490. The molecule has 1 saturated heterocycles. The molecular formula is C26H23N7OS. The van der Waals surface area contributed by atoms with Crippen LogP contribution in [0.5, 0.6) is 0 Å². The molecule has 4 aromatic rings. The Labute approximate surface area is 207 Å². The zero-order valence-corrected chi connectivity index (χ0v) is 20.1. The first kappa shape index (κ1) is 22.7. The van der Waals surface area contributed by atoms with Gasteiger partial charge in [-0.05, 0) is 37.5 Å². The fraction of sp³-hybridized carbons (Fsp3) is 0.269. The number of rotatable bonds is 4. The van der Waals surface area contributed by atoms with Gasteiger partial charge in [-0.25, -0.2) is 4.52 Å². The number of hydrogen-bond donors (Lipinski definition) is 0. The SMILES string of the molecule is CC(=O)N1CCCC(n2cc(-c3cc(Sc4ccccc4C#N)c4c(C#N)cnn4c3)cn2)CC1. The summed E-state index contributed by atoms with van der Waals surface area (Å²) >= 11 is 1.45. The Morgan fingerprint density at radius 1 is 1.00 bits per heavy atom. The quantitative estimate of drug-likeness (QED) is 0.420. The number of likely N-dealkylation sites (tertiary alicyclic amines) is 1. The van der Waals surface area contributed by atoms with Gasteiger partial charge in [-0.15, -0.1) is 0 Å². The zero-order valence-electron chi connectivity index (χ0n) is 19.3. The molecule has 3 aromatic heterocycles. The summed E-state index contributed by atoms with van der Waals surface area (Å²) in [4.78, 5) is 15.3. The molecule has 0 spiro atoms. The minimum absolute atomic E-state index is 0.124. The highest BCUT2D eigenvalue weighted by molar-refractivity contribution is 7.99. The maximum absolute atomic E-state index is 11.8. The second-order valence-corrected chi connectivity index (χ2v) is 9.65. The first-order valence-corrected chi connectivity index (χ1v) is 12.3. The minimum Gasteiger partial charge on any atom is -0.343 e. The van der Waals surface area contributed by atoms with E-state index in [2.05, 4.69) is 22.3 Å². The van der Waals surface area contributed by atoms with Gasteiger partial charge in [0.05, 0.1) is 35.1 Å². The highest BCUT2D eigenvalue weighted by atomic mass is 32.2. The van der Waals surface area contributed by atoms with Gasteiger partial charge in [0.1, 0.15) is 12.1 Å². The molecule has 0 aliphatic carbocycles.